The first kappa shape index (κ1) is 31.5. The monoisotopic (exact) mass is 622 g/mol. The van der Waals surface area contributed by atoms with Gasteiger partial charge >= 0.3 is 0 Å². The van der Waals surface area contributed by atoms with Crippen molar-refractivity contribution in [1.82, 2.24) is 9.80 Å². The molecule has 0 bridgehead atoms. The fraction of sp³-hybridized carbons (Fsp3) is 0.450. The van der Waals surface area contributed by atoms with Crippen molar-refractivity contribution < 1.29 is 0 Å². The number of nitrogens with zero attached hydrogens (tertiary/aromatic N) is 2. The van der Waals surface area contributed by atoms with Gasteiger partial charge in [-0.3, -0.25) is 0 Å². The first-order valence-electron chi connectivity index (χ1n) is 17.1. The van der Waals surface area contributed by atoms with Crippen molar-refractivity contribution in [3.63, 3.8) is 0 Å². The summed E-state index contributed by atoms with van der Waals surface area (Å²) in [4.78, 5) is 8.41. The molecule has 0 unspecified atom stereocenters. The lowest BCUT2D eigenvalue weighted by atomic mass is 9.90. The average Bonchev–Trinajstić information content (AvgIpc) is 3.67. The van der Waals surface area contributed by atoms with Crippen molar-refractivity contribution in [2.24, 2.45) is 11.8 Å². The maximum Gasteiger partial charge on any atom is 0.0345 e. The molecule has 4 heterocycles. The summed E-state index contributed by atoms with van der Waals surface area (Å²) < 4.78 is 2.86. The van der Waals surface area contributed by atoms with Crippen LogP contribution in [-0.4, -0.2) is 49.1 Å². The van der Waals surface area contributed by atoms with Crippen molar-refractivity contribution in [3.8, 4) is 0 Å². The zero-order chi connectivity index (χ0) is 30.0. The fourth-order valence-corrected chi connectivity index (χ4v) is 9.13. The Morgan fingerprint density at radius 2 is 1.07 bits per heavy atom. The largest absolute Gasteiger partial charge is 0.303 e. The molecule has 2 aliphatic heterocycles. The molecule has 0 amide bonds. The van der Waals surface area contributed by atoms with Crippen LogP contribution in [0.3, 0.4) is 0 Å². The highest BCUT2D eigenvalue weighted by atomic mass is 32.1. The summed E-state index contributed by atoms with van der Waals surface area (Å²) in [5.41, 5.74) is 1.51. The molecular weight excluding hydrogens is 573 g/mol. The molecular formula is C40H50N2S2. The third-order valence-corrected chi connectivity index (χ3v) is 12.1. The van der Waals surface area contributed by atoms with E-state index in [0.717, 1.165) is 11.8 Å². The normalized spacial score (nSPS) is 17.2. The molecule has 0 radical (unpaired) electrons. The van der Waals surface area contributed by atoms with Crippen LogP contribution in [0, 0.1) is 11.8 Å². The number of benzene rings is 3. The van der Waals surface area contributed by atoms with Gasteiger partial charge in [0, 0.05) is 19.2 Å². The van der Waals surface area contributed by atoms with Crippen LogP contribution in [0.15, 0.2) is 91.0 Å². The Morgan fingerprint density at radius 3 is 1.59 bits per heavy atom. The zero-order valence-corrected chi connectivity index (χ0v) is 28.3. The molecule has 0 N–H and O–H groups in total. The Kier molecular flexibility index (Phi) is 11.6. The molecule has 44 heavy (non-hydrogen) atoms. The second-order valence-corrected chi connectivity index (χ2v) is 15.5. The Bertz CT molecular complexity index is 1470. The van der Waals surface area contributed by atoms with Crippen LogP contribution < -0.4 is 0 Å². The first-order chi connectivity index (χ1) is 21.7. The highest BCUT2D eigenvalue weighted by Gasteiger charge is 2.19. The number of hydrogen-bond donors (Lipinski definition) is 0. The van der Waals surface area contributed by atoms with Crippen LogP contribution in [-0.2, 0) is 19.3 Å². The van der Waals surface area contributed by atoms with Gasteiger partial charge in [0.25, 0.3) is 0 Å². The Hall–Kier alpha value is -2.50. The molecule has 2 aromatic heterocycles. The summed E-state index contributed by atoms with van der Waals surface area (Å²) >= 11 is 3.93. The van der Waals surface area contributed by atoms with Crippen LogP contribution in [0.5, 0.6) is 0 Å². The predicted molar refractivity (Wildman–Crippen MR) is 194 cm³/mol. The molecule has 2 saturated heterocycles. The molecule has 4 heteroatoms. The predicted octanol–water partition coefficient (Wildman–Crippen LogP) is 10.4. The maximum absolute atomic E-state index is 2.68. The number of thiophene rings is 2. The molecule has 232 valence electrons. The van der Waals surface area contributed by atoms with Crippen molar-refractivity contribution in [3.05, 3.63) is 106 Å². The standard InChI is InChI=1S/C23H27NS.C17H23NS/c1-2-7-19(8-3-1)17-20-12-15-24(16-13-20)14-6-10-22-18-21-9-4-5-11-23(21)25-22;1-14-8-11-18(12-9-14)10-4-6-16-13-15-5-2-3-7-17(15)19-16/h1-5,7-9,11,18,20H,6,10,12-17H2;2-3,5,7,13-14H,4,6,8-12H2,1H3. The van der Waals surface area contributed by atoms with Crippen LogP contribution in [0.4, 0.5) is 0 Å². The number of rotatable bonds is 10. The smallest absolute Gasteiger partial charge is 0.0345 e. The Morgan fingerprint density at radius 1 is 0.591 bits per heavy atom. The van der Waals surface area contributed by atoms with Gasteiger partial charge in [0.15, 0.2) is 0 Å². The quantitative estimate of drug-likeness (QED) is 0.153. The van der Waals surface area contributed by atoms with Crippen molar-refractivity contribution in [2.45, 2.75) is 64.7 Å². The zero-order valence-electron chi connectivity index (χ0n) is 26.6. The number of hydrogen-bond acceptors (Lipinski definition) is 4. The van der Waals surface area contributed by atoms with E-state index in [1.807, 2.05) is 22.7 Å². The molecule has 7 rings (SSSR count). The highest BCUT2D eigenvalue weighted by Crippen LogP contribution is 2.28. The summed E-state index contributed by atoms with van der Waals surface area (Å²) in [5.74, 6) is 1.82. The molecule has 5 aromatic rings. The number of fused-ring (bicyclic) bond motifs is 2. The number of aryl methyl sites for hydroxylation is 2. The van der Waals surface area contributed by atoms with Gasteiger partial charge in [-0.1, -0.05) is 73.7 Å². The lowest BCUT2D eigenvalue weighted by molar-refractivity contribution is 0.182. The topological polar surface area (TPSA) is 6.48 Å². The summed E-state index contributed by atoms with van der Waals surface area (Å²) in [7, 11) is 0. The van der Waals surface area contributed by atoms with Gasteiger partial charge < -0.3 is 9.80 Å². The van der Waals surface area contributed by atoms with Crippen LogP contribution in [0.1, 0.15) is 60.8 Å². The number of piperidine rings is 2. The third kappa shape index (κ3) is 9.26. The van der Waals surface area contributed by atoms with Gasteiger partial charge in [0.2, 0.25) is 0 Å². The maximum atomic E-state index is 2.68. The molecule has 0 aliphatic carbocycles. The summed E-state index contributed by atoms with van der Waals surface area (Å²) in [6, 6.07) is 33.2. The minimum Gasteiger partial charge on any atom is -0.303 e. The van der Waals surface area contributed by atoms with Gasteiger partial charge in [0.1, 0.15) is 0 Å². The van der Waals surface area contributed by atoms with Crippen LogP contribution in [0.25, 0.3) is 20.2 Å². The summed E-state index contributed by atoms with van der Waals surface area (Å²) in [6.07, 6.45) is 11.8. The molecule has 0 atom stereocenters. The highest BCUT2D eigenvalue weighted by molar-refractivity contribution is 7.19. The Labute approximate surface area is 273 Å². The first-order valence-corrected chi connectivity index (χ1v) is 18.7. The lowest BCUT2D eigenvalue weighted by Crippen LogP contribution is -2.35. The summed E-state index contributed by atoms with van der Waals surface area (Å²) in [6.45, 7) is 10.1. The molecule has 0 saturated carbocycles. The van der Waals surface area contributed by atoms with E-state index in [9.17, 15) is 0 Å². The molecule has 3 aromatic carbocycles. The van der Waals surface area contributed by atoms with E-state index in [-0.39, 0.29) is 0 Å². The van der Waals surface area contributed by atoms with E-state index in [0.29, 0.717) is 0 Å². The van der Waals surface area contributed by atoms with E-state index in [1.165, 1.54) is 123 Å². The van der Waals surface area contributed by atoms with E-state index < -0.39 is 0 Å². The van der Waals surface area contributed by atoms with Crippen LogP contribution in [0.2, 0.25) is 0 Å². The lowest BCUT2D eigenvalue weighted by Gasteiger charge is -2.32. The van der Waals surface area contributed by atoms with Gasteiger partial charge in [0.05, 0.1) is 0 Å². The van der Waals surface area contributed by atoms with Crippen molar-refractivity contribution >= 4 is 42.8 Å². The SMILES string of the molecule is CC1CCN(CCCc2cc3ccccc3s2)CC1.c1ccc(CC2CCN(CCCc3cc4ccccc4s3)CC2)cc1. The van der Waals surface area contributed by atoms with Gasteiger partial charge in [-0.15, -0.1) is 22.7 Å². The molecule has 0 spiro atoms. The van der Waals surface area contributed by atoms with Gasteiger partial charge in [-0.2, -0.15) is 0 Å². The number of likely N-dealkylation sites (tertiary alicyclic amines) is 2. The van der Waals surface area contributed by atoms with E-state index in [2.05, 4.69) is 108 Å². The van der Waals surface area contributed by atoms with Gasteiger partial charge in [-0.05, 0) is 149 Å². The van der Waals surface area contributed by atoms with E-state index >= 15 is 0 Å². The minimum absolute atomic E-state index is 0.876. The molecule has 2 nitrogen and oxygen atoms in total. The molecule has 2 aliphatic rings. The third-order valence-electron chi connectivity index (χ3n) is 9.70. The second kappa shape index (κ2) is 16.2. The summed E-state index contributed by atoms with van der Waals surface area (Å²) in [5, 5.41) is 2.82. The van der Waals surface area contributed by atoms with E-state index in [1.54, 1.807) is 9.75 Å². The van der Waals surface area contributed by atoms with E-state index in [4.69, 9.17) is 0 Å². The second-order valence-electron chi connectivity index (χ2n) is 13.2. The van der Waals surface area contributed by atoms with Gasteiger partial charge in [-0.25, -0.2) is 0 Å². The minimum atomic E-state index is 0.876. The van der Waals surface area contributed by atoms with Crippen molar-refractivity contribution in [1.29, 1.82) is 0 Å². The van der Waals surface area contributed by atoms with Crippen LogP contribution >= 0.6 is 22.7 Å². The average molecular weight is 623 g/mol. The fourth-order valence-electron chi connectivity index (χ4n) is 6.92. The molecule has 2 fully saturated rings. The van der Waals surface area contributed by atoms with Crippen molar-refractivity contribution in [2.75, 3.05) is 39.3 Å². The Balaban J connectivity index is 0.000000162.